The van der Waals surface area contributed by atoms with E-state index in [9.17, 15) is 9.59 Å². The maximum absolute atomic E-state index is 12.8. The number of nitrogens with zero attached hydrogens (tertiary/aromatic N) is 1. The maximum atomic E-state index is 12.8. The number of halogens is 3. The van der Waals surface area contributed by atoms with E-state index in [1.807, 2.05) is 4.90 Å². The Balaban J connectivity index is 0.00000243. The van der Waals surface area contributed by atoms with Gasteiger partial charge in [0.05, 0.1) is 29.2 Å². The van der Waals surface area contributed by atoms with Crippen LogP contribution >= 0.6 is 35.6 Å². The van der Waals surface area contributed by atoms with E-state index in [0.29, 0.717) is 50.0 Å². The first-order valence-electron chi connectivity index (χ1n) is 8.40. The summed E-state index contributed by atoms with van der Waals surface area (Å²) in [5.41, 5.74) is 0.878. The van der Waals surface area contributed by atoms with Gasteiger partial charge in [0.15, 0.2) is 0 Å². The molecule has 3 rings (SSSR count). The van der Waals surface area contributed by atoms with E-state index in [1.165, 1.54) is 0 Å². The minimum absolute atomic E-state index is 0. The molecule has 26 heavy (non-hydrogen) atoms. The zero-order chi connectivity index (χ0) is 18.0. The molecule has 2 amide bonds. The Bertz CT molecular complexity index is 661. The molecule has 2 saturated heterocycles. The molecule has 2 fully saturated rings. The van der Waals surface area contributed by atoms with Crippen molar-refractivity contribution < 1.29 is 14.3 Å². The summed E-state index contributed by atoms with van der Waals surface area (Å²) in [5.74, 6) is -0.597. The van der Waals surface area contributed by atoms with Crippen molar-refractivity contribution in [1.82, 2.24) is 20.5 Å². The van der Waals surface area contributed by atoms with Crippen molar-refractivity contribution in [3.63, 3.8) is 0 Å². The molecule has 3 heterocycles. The monoisotopic (exact) mass is 424 g/mol. The molecule has 7 nitrogen and oxygen atoms in total. The average Bonchev–Trinajstić information content (AvgIpc) is 2.90. The molecule has 0 saturated carbocycles. The first kappa shape index (κ1) is 21.3. The quantitative estimate of drug-likeness (QED) is 0.687. The van der Waals surface area contributed by atoms with Crippen LogP contribution in [-0.4, -0.2) is 67.1 Å². The lowest BCUT2D eigenvalue weighted by Crippen LogP contribution is -2.56. The number of carbonyl (C=O) groups is 2. The summed E-state index contributed by atoms with van der Waals surface area (Å²) in [6.45, 7) is 5.33. The highest BCUT2D eigenvalue weighted by molar-refractivity contribution is 6.44. The smallest absolute Gasteiger partial charge is 0.269 e. The molecule has 10 heteroatoms. The lowest BCUT2D eigenvalue weighted by atomic mass is 9.91. The molecule has 2 aliphatic heterocycles. The summed E-state index contributed by atoms with van der Waals surface area (Å²) in [6.07, 6.45) is 0.678. The highest BCUT2D eigenvalue weighted by Gasteiger charge is 2.35. The summed E-state index contributed by atoms with van der Waals surface area (Å²) in [4.78, 5) is 30.1. The predicted octanol–water partition coefficient (Wildman–Crippen LogP) is 1.62. The van der Waals surface area contributed by atoms with Crippen LogP contribution in [0.3, 0.4) is 0 Å². The number of carbonyl (C=O) groups excluding carboxylic acids is 2. The third kappa shape index (κ3) is 4.46. The van der Waals surface area contributed by atoms with Gasteiger partial charge in [0, 0.05) is 31.4 Å². The van der Waals surface area contributed by atoms with Crippen molar-refractivity contribution in [3.8, 4) is 0 Å². The number of amides is 2. The molecular formula is C16H23Cl3N4O3. The van der Waals surface area contributed by atoms with Gasteiger partial charge >= 0.3 is 0 Å². The number of aromatic nitrogens is 1. The average molecular weight is 426 g/mol. The van der Waals surface area contributed by atoms with Gasteiger partial charge in [-0.05, 0) is 19.9 Å². The van der Waals surface area contributed by atoms with Gasteiger partial charge in [-0.2, -0.15) is 0 Å². The van der Waals surface area contributed by atoms with Crippen molar-refractivity contribution in [1.29, 1.82) is 0 Å². The van der Waals surface area contributed by atoms with Crippen molar-refractivity contribution in [2.24, 2.45) is 5.92 Å². The minimum Gasteiger partial charge on any atom is -0.378 e. The van der Waals surface area contributed by atoms with Crippen LogP contribution in [0.25, 0.3) is 0 Å². The van der Waals surface area contributed by atoms with Crippen LogP contribution < -0.4 is 10.6 Å². The number of nitrogens with one attached hydrogen (secondary N) is 3. The van der Waals surface area contributed by atoms with Crippen molar-refractivity contribution in [2.75, 3.05) is 39.4 Å². The third-order valence-electron chi connectivity index (χ3n) is 4.72. The molecule has 0 spiro atoms. The molecule has 1 aromatic heterocycles. The van der Waals surface area contributed by atoms with E-state index in [0.717, 1.165) is 6.54 Å². The maximum Gasteiger partial charge on any atom is 0.269 e. The Morgan fingerprint density at radius 2 is 1.92 bits per heavy atom. The highest BCUT2D eigenvalue weighted by Crippen LogP contribution is 2.29. The van der Waals surface area contributed by atoms with E-state index in [4.69, 9.17) is 27.9 Å². The second-order valence-electron chi connectivity index (χ2n) is 6.37. The van der Waals surface area contributed by atoms with Crippen LogP contribution in [0.1, 0.15) is 22.6 Å². The summed E-state index contributed by atoms with van der Waals surface area (Å²) in [6, 6.07) is -0.248. The van der Waals surface area contributed by atoms with Crippen LogP contribution in [0.2, 0.25) is 10.0 Å². The topological polar surface area (TPSA) is 86.5 Å². The number of piperidine rings is 1. The molecule has 0 radical (unpaired) electrons. The Kier molecular flexibility index (Phi) is 7.61. The van der Waals surface area contributed by atoms with Gasteiger partial charge in [0.2, 0.25) is 5.91 Å². The number of hydrogen-bond acceptors (Lipinski definition) is 4. The summed E-state index contributed by atoms with van der Waals surface area (Å²) < 4.78 is 5.30. The second-order valence-corrected chi connectivity index (χ2v) is 7.13. The number of ether oxygens (including phenoxy) is 1. The third-order valence-corrected chi connectivity index (χ3v) is 5.67. The Labute approximate surface area is 168 Å². The SMILES string of the molecule is Cc1[nH]c(C(=O)N[C@H]2CCNC[C@@H]2C(=O)N2CCOCC2)c(Cl)c1Cl.Cl. The van der Waals surface area contributed by atoms with Gasteiger partial charge in [0.25, 0.3) is 5.91 Å². The summed E-state index contributed by atoms with van der Waals surface area (Å²) >= 11 is 12.2. The zero-order valence-electron chi connectivity index (χ0n) is 14.4. The molecular weight excluding hydrogens is 403 g/mol. The van der Waals surface area contributed by atoms with Crippen LogP contribution in [0.15, 0.2) is 0 Å². The van der Waals surface area contributed by atoms with Crippen molar-refractivity contribution in [2.45, 2.75) is 19.4 Å². The van der Waals surface area contributed by atoms with Gasteiger partial charge in [-0.1, -0.05) is 23.2 Å². The van der Waals surface area contributed by atoms with Gasteiger partial charge in [-0.3, -0.25) is 9.59 Å². The standard InChI is InChI=1S/C16H22Cl2N4O3.ClH/c1-9-12(17)13(18)14(20-9)15(23)21-11-2-3-19-8-10(11)16(24)22-4-6-25-7-5-22;/h10-11,19-20H,2-8H2,1H3,(H,21,23);1H/t10-,11-;/m0./s1. The molecule has 2 aliphatic rings. The molecule has 0 bridgehead atoms. The number of rotatable bonds is 3. The Hall–Kier alpha value is -0.990. The molecule has 0 aliphatic carbocycles. The van der Waals surface area contributed by atoms with E-state index < -0.39 is 0 Å². The van der Waals surface area contributed by atoms with Gasteiger partial charge in [-0.25, -0.2) is 0 Å². The molecule has 2 atom stereocenters. The highest BCUT2D eigenvalue weighted by atomic mass is 35.5. The van der Waals surface area contributed by atoms with Crippen molar-refractivity contribution >= 4 is 47.4 Å². The van der Waals surface area contributed by atoms with Crippen LogP contribution in [-0.2, 0) is 9.53 Å². The van der Waals surface area contributed by atoms with Crippen LogP contribution in [0.5, 0.6) is 0 Å². The van der Waals surface area contributed by atoms with Gasteiger partial charge in [-0.15, -0.1) is 12.4 Å². The van der Waals surface area contributed by atoms with E-state index in [2.05, 4.69) is 15.6 Å². The van der Waals surface area contributed by atoms with Crippen LogP contribution in [0.4, 0.5) is 0 Å². The fraction of sp³-hybridized carbons (Fsp3) is 0.625. The molecule has 146 valence electrons. The predicted molar refractivity (Wildman–Crippen MR) is 102 cm³/mol. The molecule has 1 aromatic rings. The minimum atomic E-state index is -0.341. The van der Waals surface area contributed by atoms with Crippen molar-refractivity contribution in [3.05, 3.63) is 21.4 Å². The largest absolute Gasteiger partial charge is 0.378 e. The fourth-order valence-corrected chi connectivity index (χ4v) is 3.69. The lowest BCUT2D eigenvalue weighted by Gasteiger charge is -2.36. The fourth-order valence-electron chi connectivity index (χ4n) is 3.28. The Morgan fingerprint density at radius 1 is 1.23 bits per heavy atom. The van der Waals surface area contributed by atoms with E-state index in [-0.39, 0.29) is 46.9 Å². The molecule has 3 N–H and O–H groups in total. The zero-order valence-corrected chi connectivity index (χ0v) is 16.8. The summed E-state index contributed by atoms with van der Waals surface area (Å²) in [7, 11) is 0. The lowest BCUT2D eigenvalue weighted by molar-refractivity contribution is -0.140. The van der Waals surface area contributed by atoms with Crippen LogP contribution in [0, 0.1) is 12.8 Å². The number of hydrogen-bond donors (Lipinski definition) is 3. The van der Waals surface area contributed by atoms with E-state index >= 15 is 0 Å². The van der Waals surface area contributed by atoms with Gasteiger partial charge in [0.1, 0.15) is 5.69 Å². The molecule has 0 aromatic carbocycles. The molecule has 0 unspecified atom stereocenters. The normalized spacial score (nSPS) is 23.3. The number of aryl methyl sites for hydroxylation is 1. The summed E-state index contributed by atoms with van der Waals surface area (Å²) in [5, 5.41) is 6.75. The Morgan fingerprint density at radius 3 is 2.54 bits per heavy atom. The number of morpholine rings is 1. The van der Waals surface area contributed by atoms with E-state index in [1.54, 1.807) is 6.92 Å². The number of H-pyrrole nitrogens is 1. The second kappa shape index (κ2) is 9.28. The first-order chi connectivity index (χ1) is 12.0. The first-order valence-corrected chi connectivity index (χ1v) is 9.16. The van der Waals surface area contributed by atoms with Gasteiger partial charge < -0.3 is 25.3 Å². The number of aromatic amines is 1.